The molecule has 0 aliphatic carbocycles. The Balaban J connectivity index is 2.20. The van der Waals surface area contributed by atoms with Crippen LogP contribution in [0.5, 0.6) is 5.75 Å². The van der Waals surface area contributed by atoms with E-state index in [1.165, 1.54) is 0 Å². The number of likely N-dealkylation sites (N-methyl/N-ethyl adjacent to an activating group) is 1. The Hall–Kier alpha value is -2.82. The van der Waals surface area contributed by atoms with E-state index < -0.39 is 6.04 Å². The molecule has 2 rings (SSSR count). The summed E-state index contributed by atoms with van der Waals surface area (Å²) in [7, 11) is 1.59. The molecule has 0 bridgehead atoms. The first-order valence-electron chi connectivity index (χ1n) is 9.21. The lowest BCUT2D eigenvalue weighted by molar-refractivity contribution is -0.142. The molecule has 0 saturated carbocycles. The Morgan fingerprint density at radius 2 is 1.85 bits per heavy atom. The van der Waals surface area contributed by atoms with E-state index in [0.717, 1.165) is 16.7 Å². The third-order valence-electron chi connectivity index (χ3n) is 4.59. The number of carbonyl (C=O) groups is 2. The lowest BCUT2D eigenvalue weighted by atomic mass is 10.1. The van der Waals surface area contributed by atoms with Crippen molar-refractivity contribution in [3.63, 3.8) is 0 Å². The highest BCUT2D eigenvalue weighted by molar-refractivity contribution is 5.88. The highest BCUT2D eigenvalue weighted by Gasteiger charge is 2.28. The van der Waals surface area contributed by atoms with Crippen LogP contribution in [0.2, 0.25) is 0 Å². The molecule has 0 unspecified atom stereocenters. The fourth-order valence-electron chi connectivity index (χ4n) is 2.99. The van der Waals surface area contributed by atoms with Gasteiger partial charge in [0.1, 0.15) is 11.8 Å². The number of nitrogens with zero attached hydrogens (tertiary/aromatic N) is 1. The Morgan fingerprint density at radius 1 is 1.11 bits per heavy atom. The molecule has 0 fully saturated rings. The topological polar surface area (TPSA) is 58.6 Å². The van der Waals surface area contributed by atoms with E-state index >= 15 is 0 Å². The van der Waals surface area contributed by atoms with Gasteiger partial charge in [0.15, 0.2) is 6.61 Å². The molecule has 2 amide bonds. The number of amides is 2. The molecule has 0 saturated heterocycles. The second-order valence-corrected chi connectivity index (χ2v) is 6.59. The van der Waals surface area contributed by atoms with Gasteiger partial charge in [-0.15, -0.1) is 0 Å². The van der Waals surface area contributed by atoms with Gasteiger partial charge in [0.2, 0.25) is 5.91 Å². The van der Waals surface area contributed by atoms with Gasteiger partial charge in [-0.25, -0.2) is 0 Å². The fraction of sp³-hybridized carbons (Fsp3) is 0.364. The molecule has 0 aromatic heterocycles. The van der Waals surface area contributed by atoms with E-state index in [9.17, 15) is 9.59 Å². The van der Waals surface area contributed by atoms with Gasteiger partial charge in [-0.1, -0.05) is 43.3 Å². The Kier molecular flexibility index (Phi) is 7.41. The lowest BCUT2D eigenvalue weighted by Gasteiger charge is -2.30. The fourth-order valence-corrected chi connectivity index (χ4v) is 2.99. The van der Waals surface area contributed by atoms with Crippen molar-refractivity contribution in [2.75, 3.05) is 13.7 Å². The number of aryl methyl sites for hydroxylation is 2. The maximum absolute atomic E-state index is 13.0. The molecule has 144 valence electrons. The molecule has 0 spiro atoms. The van der Waals surface area contributed by atoms with Gasteiger partial charge in [0.05, 0.1) is 0 Å². The van der Waals surface area contributed by atoms with Gasteiger partial charge in [0, 0.05) is 13.6 Å². The monoisotopic (exact) mass is 368 g/mol. The Labute approximate surface area is 161 Å². The first kappa shape index (κ1) is 20.5. The van der Waals surface area contributed by atoms with Crippen molar-refractivity contribution < 1.29 is 14.3 Å². The van der Waals surface area contributed by atoms with Crippen LogP contribution in [-0.2, 0) is 16.1 Å². The van der Waals surface area contributed by atoms with Crippen molar-refractivity contribution in [2.24, 2.45) is 0 Å². The van der Waals surface area contributed by atoms with Crippen molar-refractivity contribution in [1.82, 2.24) is 10.2 Å². The van der Waals surface area contributed by atoms with E-state index in [-0.39, 0.29) is 18.4 Å². The maximum Gasteiger partial charge on any atom is 0.261 e. The number of ether oxygens (including phenoxy) is 1. The molecule has 0 radical (unpaired) electrons. The first-order valence-corrected chi connectivity index (χ1v) is 9.21. The lowest BCUT2D eigenvalue weighted by Crippen LogP contribution is -2.49. The highest BCUT2D eigenvalue weighted by Crippen LogP contribution is 2.17. The summed E-state index contributed by atoms with van der Waals surface area (Å²) in [6, 6.07) is 14.9. The number of benzene rings is 2. The summed E-state index contributed by atoms with van der Waals surface area (Å²) in [4.78, 5) is 26.9. The first-order chi connectivity index (χ1) is 13.0. The molecule has 27 heavy (non-hydrogen) atoms. The predicted octanol–water partition coefficient (Wildman–Crippen LogP) is 3.24. The van der Waals surface area contributed by atoms with E-state index in [4.69, 9.17) is 4.74 Å². The van der Waals surface area contributed by atoms with E-state index in [0.29, 0.717) is 18.7 Å². The van der Waals surface area contributed by atoms with Crippen LogP contribution in [0.4, 0.5) is 0 Å². The van der Waals surface area contributed by atoms with E-state index in [1.807, 2.05) is 69.3 Å². The third-order valence-corrected chi connectivity index (χ3v) is 4.59. The van der Waals surface area contributed by atoms with Crippen LogP contribution >= 0.6 is 0 Å². The number of carbonyl (C=O) groups excluding carboxylic acids is 2. The van der Waals surface area contributed by atoms with E-state index in [1.54, 1.807) is 11.9 Å². The van der Waals surface area contributed by atoms with Gasteiger partial charge in [-0.2, -0.15) is 0 Å². The molecule has 2 aromatic rings. The minimum Gasteiger partial charge on any atom is -0.484 e. The van der Waals surface area contributed by atoms with Crippen molar-refractivity contribution in [2.45, 2.75) is 39.8 Å². The molecule has 5 nitrogen and oxygen atoms in total. The normalized spacial score (nSPS) is 11.6. The second-order valence-electron chi connectivity index (χ2n) is 6.59. The summed E-state index contributed by atoms with van der Waals surface area (Å²) in [5.74, 6) is 0.261. The maximum atomic E-state index is 13.0. The SMILES string of the molecule is CC[C@@H](C(=O)NC)N(Cc1ccccc1C)C(=O)COc1cccc(C)c1. The minimum absolute atomic E-state index is 0.108. The number of hydrogen-bond acceptors (Lipinski definition) is 3. The van der Waals surface area contributed by atoms with Gasteiger partial charge in [-0.3, -0.25) is 9.59 Å². The highest BCUT2D eigenvalue weighted by atomic mass is 16.5. The summed E-state index contributed by atoms with van der Waals surface area (Å²) in [6.07, 6.45) is 0.530. The van der Waals surface area contributed by atoms with Crippen LogP contribution in [0.25, 0.3) is 0 Å². The van der Waals surface area contributed by atoms with Crippen LogP contribution in [0, 0.1) is 13.8 Å². The van der Waals surface area contributed by atoms with Crippen LogP contribution in [0.15, 0.2) is 48.5 Å². The summed E-state index contributed by atoms with van der Waals surface area (Å²) < 4.78 is 5.68. The quantitative estimate of drug-likeness (QED) is 0.778. The molecule has 2 aromatic carbocycles. The molecule has 0 heterocycles. The average molecular weight is 368 g/mol. The van der Waals surface area contributed by atoms with Crippen LogP contribution in [0.3, 0.4) is 0 Å². The summed E-state index contributed by atoms with van der Waals surface area (Å²) in [6.45, 7) is 6.14. The van der Waals surface area contributed by atoms with Crippen molar-refractivity contribution in [3.05, 3.63) is 65.2 Å². The molecule has 5 heteroatoms. The molecular formula is C22H28N2O3. The van der Waals surface area contributed by atoms with Crippen LogP contribution < -0.4 is 10.1 Å². The zero-order valence-corrected chi connectivity index (χ0v) is 16.5. The Morgan fingerprint density at radius 3 is 2.48 bits per heavy atom. The van der Waals surface area contributed by atoms with Crippen molar-refractivity contribution >= 4 is 11.8 Å². The molecule has 1 N–H and O–H groups in total. The van der Waals surface area contributed by atoms with Crippen molar-refractivity contribution in [1.29, 1.82) is 0 Å². The number of rotatable bonds is 8. The average Bonchev–Trinajstić information content (AvgIpc) is 2.67. The molecule has 0 aliphatic rings. The number of nitrogens with one attached hydrogen (secondary N) is 1. The minimum atomic E-state index is -0.539. The third kappa shape index (κ3) is 5.58. The zero-order chi connectivity index (χ0) is 19.8. The molecular weight excluding hydrogens is 340 g/mol. The molecule has 0 aliphatic heterocycles. The van der Waals surface area contributed by atoms with Crippen LogP contribution in [-0.4, -0.2) is 36.4 Å². The zero-order valence-electron chi connectivity index (χ0n) is 16.5. The summed E-state index contributed by atoms with van der Waals surface area (Å²) in [5, 5.41) is 2.66. The van der Waals surface area contributed by atoms with Gasteiger partial charge in [0.25, 0.3) is 5.91 Å². The van der Waals surface area contributed by atoms with Gasteiger partial charge in [-0.05, 0) is 49.1 Å². The standard InChI is InChI=1S/C22H28N2O3/c1-5-20(22(26)23-4)24(14-18-11-7-6-10-17(18)3)21(25)15-27-19-12-8-9-16(2)13-19/h6-13,20H,5,14-15H2,1-4H3,(H,23,26)/t20-/m0/s1. The van der Waals surface area contributed by atoms with Crippen molar-refractivity contribution in [3.8, 4) is 5.75 Å². The molecule has 1 atom stereocenters. The smallest absolute Gasteiger partial charge is 0.261 e. The number of hydrogen-bond donors (Lipinski definition) is 1. The van der Waals surface area contributed by atoms with Gasteiger partial charge >= 0.3 is 0 Å². The van der Waals surface area contributed by atoms with Crippen LogP contribution in [0.1, 0.15) is 30.0 Å². The largest absolute Gasteiger partial charge is 0.484 e. The van der Waals surface area contributed by atoms with Gasteiger partial charge < -0.3 is 15.0 Å². The summed E-state index contributed by atoms with van der Waals surface area (Å²) >= 11 is 0. The Bertz CT molecular complexity index is 789. The predicted molar refractivity (Wildman–Crippen MR) is 107 cm³/mol. The van der Waals surface area contributed by atoms with E-state index in [2.05, 4.69) is 5.32 Å². The second kappa shape index (κ2) is 9.76. The summed E-state index contributed by atoms with van der Waals surface area (Å²) in [5.41, 5.74) is 3.17.